The molecular formula is C21H18Br2N2O2S. The molecule has 3 aromatic rings. The number of aliphatic imine (C=N–C) groups is 1. The Balaban J connectivity index is 1.61. The maximum atomic E-state index is 13.0. The van der Waals surface area contributed by atoms with E-state index in [9.17, 15) is 4.79 Å². The molecule has 0 aliphatic heterocycles. The van der Waals surface area contributed by atoms with Crippen molar-refractivity contribution in [3.63, 3.8) is 0 Å². The third-order valence-electron chi connectivity index (χ3n) is 4.65. The third kappa shape index (κ3) is 4.31. The number of aryl methyl sites for hydroxylation is 1. The summed E-state index contributed by atoms with van der Waals surface area (Å²) in [5, 5.41) is 3.81. The van der Waals surface area contributed by atoms with Crippen molar-refractivity contribution in [2.24, 2.45) is 4.99 Å². The number of hydrogen-bond acceptors (Lipinski definition) is 4. The van der Waals surface area contributed by atoms with E-state index in [-0.39, 0.29) is 5.91 Å². The van der Waals surface area contributed by atoms with Gasteiger partial charge in [0.15, 0.2) is 4.67 Å². The Bertz CT molecular complexity index is 1010. The van der Waals surface area contributed by atoms with Crippen molar-refractivity contribution in [3.05, 3.63) is 72.9 Å². The lowest BCUT2D eigenvalue weighted by Gasteiger charge is -2.12. The van der Waals surface area contributed by atoms with E-state index in [2.05, 4.69) is 42.2 Å². The smallest absolute Gasteiger partial charge is 0.254 e. The third-order valence-corrected chi connectivity index (χ3v) is 7.56. The topological polar surface area (TPSA) is 54.6 Å². The van der Waals surface area contributed by atoms with Crippen molar-refractivity contribution < 1.29 is 9.21 Å². The van der Waals surface area contributed by atoms with Crippen LogP contribution in [0.25, 0.3) is 0 Å². The summed E-state index contributed by atoms with van der Waals surface area (Å²) in [7, 11) is 0. The van der Waals surface area contributed by atoms with Crippen LogP contribution in [0.2, 0.25) is 0 Å². The zero-order chi connectivity index (χ0) is 19.5. The van der Waals surface area contributed by atoms with E-state index in [0.717, 1.165) is 45.4 Å². The number of amides is 1. The van der Waals surface area contributed by atoms with Gasteiger partial charge in [-0.3, -0.25) is 4.79 Å². The quantitative estimate of drug-likeness (QED) is 0.393. The number of benzene rings is 1. The molecule has 1 N–H and O–H groups in total. The standard InChI is InChI=1S/C21H18Br2N2O2S/c22-16-10-14(27-19(16)23)12-25-21-18(15-8-4-5-9-17(15)28-21)20(26)24-11-13-6-2-1-3-7-13/h1-3,6-7,10,12H,4-5,8-9,11H2,(H,24,26). The second kappa shape index (κ2) is 8.76. The zero-order valence-electron chi connectivity index (χ0n) is 15.0. The molecule has 1 aromatic carbocycles. The minimum atomic E-state index is -0.0581. The Morgan fingerprint density at radius 1 is 1.21 bits per heavy atom. The van der Waals surface area contributed by atoms with Crippen LogP contribution in [0.3, 0.4) is 0 Å². The highest BCUT2D eigenvalue weighted by atomic mass is 79.9. The molecule has 7 heteroatoms. The molecule has 4 rings (SSSR count). The van der Waals surface area contributed by atoms with E-state index in [1.165, 1.54) is 11.3 Å². The summed E-state index contributed by atoms with van der Waals surface area (Å²) in [6.07, 6.45) is 5.91. The number of fused-ring (bicyclic) bond motifs is 1. The normalized spacial score (nSPS) is 13.6. The summed E-state index contributed by atoms with van der Waals surface area (Å²) < 4.78 is 7.03. The minimum absolute atomic E-state index is 0.0581. The molecule has 144 valence electrons. The summed E-state index contributed by atoms with van der Waals surface area (Å²) >= 11 is 8.36. The van der Waals surface area contributed by atoms with Crippen LogP contribution >= 0.6 is 43.2 Å². The molecular weight excluding hydrogens is 504 g/mol. The fraction of sp³-hybridized carbons (Fsp3) is 0.238. The second-order valence-electron chi connectivity index (χ2n) is 6.59. The van der Waals surface area contributed by atoms with Crippen LogP contribution in [0.4, 0.5) is 5.00 Å². The maximum Gasteiger partial charge on any atom is 0.254 e. The van der Waals surface area contributed by atoms with Gasteiger partial charge in [0, 0.05) is 17.5 Å². The van der Waals surface area contributed by atoms with Crippen LogP contribution in [0.1, 0.15) is 45.0 Å². The second-order valence-corrected chi connectivity index (χ2v) is 9.25. The van der Waals surface area contributed by atoms with Gasteiger partial charge in [-0.1, -0.05) is 30.3 Å². The van der Waals surface area contributed by atoms with Gasteiger partial charge in [0.2, 0.25) is 0 Å². The average Bonchev–Trinajstić information content (AvgIpc) is 3.24. The molecule has 0 unspecified atom stereocenters. The Morgan fingerprint density at radius 3 is 2.75 bits per heavy atom. The Labute approximate surface area is 184 Å². The number of halogens is 2. The fourth-order valence-electron chi connectivity index (χ4n) is 3.29. The van der Waals surface area contributed by atoms with Crippen molar-refractivity contribution in [1.82, 2.24) is 5.32 Å². The zero-order valence-corrected chi connectivity index (χ0v) is 19.0. The maximum absolute atomic E-state index is 13.0. The lowest BCUT2D eigenvalue weighted by molar-refractivity contribution is 0.0951. The molecule has 0 saturated heterocycles. The van der Waals surface area contributed by atoms with Gasteiger partial charge in [-0.15, -0.1) is 11.3 Å². The predicted molar refractivity (Wildman–Crippen MR) is 120 cm³/mol. The Hall–Kier alpha value is -1.70. The van der Waals surface area contributed by atoms with Gasteiger partial charge in [0.25, 0.3) is 5.91 Å². The first-order chi connectivity index (χ1) is 13.6. The molecule has 28 heavy (non-hydrogen) atoms. The molecule has 4 nitrogen and oxygen atoms in total. The summed E-state index contributed by atoms with van der Waals surface area (Å²) in [5.74, 6) is 0.568. The summed E-state index contributed by atoms with van der Waals surface area (Å²) in [5.41, 5.74) is 2.96. The largest absolute Gasteiger partial charge is 0.447 e. The molecule has 1 aliphatic carbocycles. The molecule has 1 aliphatic rings. The number of furan rings is 1. The number of hydrogen-bond donors (Lipinski definition) is 1. The van der Waals surface area contributed by atoms with Gasteiger partial charge in [-0.25, -0.2) is 4.99 Å². The lowest BCUT2D eigenvalue weighted by Crippen LogP contribution is -2.24. The van der Waals surface area contributed by atoms with Crippen LogP contribution in [-0.4, -0.2) is 12.1 Å². The monoisotopic (exact) mass is 520 g/mol. The van der Waals surface area contributed by atoms with E-state index in [1.807, 2.05) is 36.4 Å². The predicted octanol–water partition coefficient (Wildman–Crippen LogP) is 6.43. The van der Waals surface area contributed by atoms with E-state index in [0.29, 0.717) is 17.0 Å². The Kier molecular flexibility index (Phi) is 6.13. The highest BCUT2D eigenvalue weighted by Crippen LogP contribution is 2.40. The van der Waals surface area contributed by atoms with Gasteiger partial charge in [0.05, 0.1) is 16.3 Å². The molecule has 0 fully saturated rings. The number of carbonyl (C=O) groups excluding carboxylic acids is 1. The number of nitrogens with zero attached hydrogens (tertiary/aromatic N) is 1. The summed E-state index contributed by atoms with van der Waals surface area (Å²) in [6, 6.07) is 11.8. The number of thiophene rings is 1. The molecule has 2 heterocycles. The molecule has 0 atom stereocenters. The lowest BCUT2D eigenvalue weighted by atomic mass is 9.95. The highest BCUT2D eigenvalue weighted by Gasteiger charge is 2.25. The van der Waals surface area contributed by atoms with Crippen molar-refractivity contribution in [2.45, 2.75) is 32.2 Å². The summed E-state index contributed by atoms with van der Waals surface area (Å²) in [6.45, 7) is 0.505. The van der Waals surface area contributed by atoms with Crippen LogP contribution < -0.4 is 5.32 Å². The molecule has 0 bridgehead atoms. The van der Waals surface area contributed by atoms with Crippen molar-refractivity contribution in [3.8, 4) is 0 Å². The first-order valence-corrected chi connectivity index (χ1v) is 11.5. The van der Waals surface area contributed by atoms with Crippen molar-refractivity contribution in [2.75, 3.05) is 0 Å². The molecule has 0 radical (unpaired) electrons. The van der Waals surface area contributed by atoms with Gasteiger partial charge < -0.3 is 9.73 Å². The fourth-order valence-corrected chi connectivity index (χ4v) is 5.13. The minimum Gasteiger partial charge on any atom is -0.447 e. The van der Waals surface area contributed by atoms with E-state index in [1.54, 1.807) is 17.6 Å². The molecule has 0 saturated carbocycles. The first kappa shape index (κ1) is 19.6. The molecule has 0 spiro atoms. The van der Waals surface area contributed by atoms with Crippen LogP contribution in [-0.2, 0) is 19.4 Å². The average molecular weight is 522 g/mol. The first-order valence-electron chi connectivity index (χ1n) is 9.07. The van der Waals surface area contributed by atoms with Crippen molar-refractivity contribution in [1.29, 1.82) is 0 Å². The Morgan fingerprint density at radius 2 is 2.00 bits per heavy atom. The number of carbonyl (C=O) groups is 1. The SMILES string of the molecule is O=C(NCc1ccccc1)c1c(N=Cc2cc(Br)c(Br)o2)sc2c1CCCC2. The van der Waals surface area contributed by atoms with Gasteiger partial charge >= 0.3 is 0 Å². The van der Waals surface area contributed by atoms with Gasteiger partial charge in [0.1, 0.15) is 10.8 Å². The highest BCUT2D eigenvalue weighted by molar-refractivity contribution is 9.13. The van der Waals surface area contributed by atoms with Crippen LogP contribution in [0.5, 0.6) is 0 Å². The van der Waals surface area contributed by atoms with E-state index >= 15 is 0 Å². The molecule has 1 amide bonds. The van der Waals surface area contributed by atoms with Crippen molar-refractivity contribution >= 4 is 60.3 Å². The van der Waals surface area contributed by atoms with E-state index < -0.39 is 0 Å². The summed E-state index contributed by atoms with van der Waals surface area (Å²) in [4.78, 5) is 18.9. The van der Waals surface area contributed by atoms with Gasteiger partial charge in [-0.2, -0.15) is 0 Å². The van der Waals surface area contributed by atoms with Crippen LogP contribution in [0, 0.1) is 0 Å². The van der Waals surface area contributed by atoms with Gasteiger partial charge in [-0.05, 0) is 68.7 Å². The van der Waals surface area contributed by atoms with Crippen LogP contribution in [0.15, 0.2) is 54.9 Å². The number of rotatable bonds is 5. The number of nitrogens with one attached hydrogen (secondary N) is 1. The molecule has 2 aromatic heterocycles. The van der Waals surface area contributed by atoms with E-state index in [4.69, 9.17) is 4.42 Å².